The Morgan fingerprint density at radius 3 is 2.68 bits per heavy atom. The monoisotopic (exact) mass is 436 g/mol. The minimum absolute atomic E-state index is 0.160. The Morgan fingerprint density at radius 2 is 1.94 bits per heavy atom. The first kappa shape index (κ1) is 19.8. The van der Waals surface area contributed by atoms with Crippen LogP contribution in [0, 0.1) is 0 Å². The summed E-state index contributed by atoms with van der Waals surface area (Å²) in [6.45, 7) is 2.71. The summed E-state index contributed by atoms with van der Waals surface area (Å²) in [6.07, 6.45) is 0.951. The molecule has 1 fully saturated rings. The number of aromatic amines is 1. The number of carbonyl (C=O) groups is 3. The van der Waals surface area contributed by atoms with E-state index in [1.807, 2.05) is 18.2 Å². The maximum Gasteiger partial charge on any atom is 0.251 e. The number of aromatic nitrogens is 1. The van der Waals surface area contributed by atoms with Crippen LogP contribution in [0.4, 0.5) is 11.4 Å². The van der Waals surface area contributed by atoms with Crippen LogP contribution in [0.15, 0.2) is 42.5 Å². The smallest absolute Gasteiger partial charge is 0.251 e. The minimum atomic E-state index is -0.481. The van der Waals surface area contributed by atoms with Crippen molar-refractivity contribution in [3.63, 3.8) is 0 Å². The number of anilines is 2. The van der Waals surface area contributed by atoms with E-state index in [-0.39, 0.29) is 24.1 Å². The van der Waals surface area contributed by atoms with E-state index in [1.165, 1.54) is 17.4 Å². The van der Waals surface area contributed by atoms with E-state index in [2.05, 4.69) is 15.2 Å². The number of amides is 3. The van der Waals surface area contributed by atoms with Gasteiger partial charge in [0.1, 0.15) is 0 Å². The summed E-state index contributed by atoms with van der Waals surface area (Å²) in [5.41, 5.74) is 4.47. The third-order valence-corrected chi connectivity index (χ3v) is 6.21. The standard InChI is InChI=1S/C23H21ClN4O3/c1-13(29)25-15-3-5-16(6-4-15)28-22(30)11-21(23(28)31)27-9-8-17-18-10-14(24)2-7-19(18)26-20(17)12-27/h2-7,10,21,26H,8-9,11-12H2,1H3,(H,25,29). The van der Waals surface area contributed by atoms with Crippen molar-refractivity contribution in [2.45, 2.75) is 32.4 Å². The average molecular weight is 437 g/mol. The third-order valence-electron chi connectivity index (χ3n) is 5.98. The van der Waals surface area contributed by atoms with E-state index in [0.717, 1.165) is 23.0 Å². The summed E-state index contributed by atoms with van der Waals surface area (Å²) in [6, 6.07) is 12.1. The van der Waals surface area contributed by atoms with Crippen molar-refractivity contribution >= 4 is 51.6 Å². The van der Waals surface area contributed by atoms with Crippen molar-refractivity contribution in [1.29, 1.82) is 0 Å². The van der Waals surface area contributed by atoms with Gasteiger partial charge in [0.05, 0.1) is 18.2 Å². The van der Waals surface area contributed by atoms with Crippen LogP contribution in [0.3, 0.4) is 0 Å². The largest absolute Gasteiger partial charge is 0.357 e. The van der Waals surface area contributed by atoms with Gasteiger partial charge in [-0.3, -0.25) is 19.3 Å². The molecule has 0 aliphatic carbocycles. The number of H-pyrrole nitrogens is 1. The van der Waals surface area contributed by atoms with Crippen LogP contribution in [0.1, 0.15) is 24.6 Å². The Morgan fingerprint density at radius 1 is 1.16 bits per heavy atom. The van der Waals surface area contributed by atoms with E-state index in [4.69, 9.17) is 11.6 Å². The molecular formula is C23H21ClN4O3. The van der Waals surface area contributed by atoms with Crippen molar-refractivity contribution in [3.05, 3.63) is 58.7 Å². The number of rotatable bonds is 3. The van der Waals surface area contributed by atoms with Crippen LogP contribution >= 0.6 is 11.6 Å². The molecule has 1 aromatic heterocycles. The van der Waals surface area contributed by atoms with E-state index < -0.39 is 6.04 Å². The van der Waals surface area contributed by atoms with Gasteiger partial charge in [-0.1, -0.05) is 11.6 Å². The molecule has 1 saturated heterocycles. The number of halogens is 1. The molecule has 1 unspecified atom stereocenters. The molecule has 3 aromatic rings. The fourth-order valence-electron chi connectivity index (χ4n) is 4.57. The Kier molecular flexibility index (Phi) is 4.79. The molecular weight excluding hydrogens is 416 g/mol. The van der Waals surface area contributed by atoms with Crippen LogP contribution in [0.5, 0.6) is 0 Å². The number of nitrogens with zero attached hydrogens (tertiary/aromatic N) is 2. The highest BCUT2D eigenvalue weighted by Crippen LogP contribution is 2.33. The molecule has 1 atom stereocenters. The second-order valence-corrected chi connectivity index (χ2v) is 8.44. The maximum atomic E-state index is 13.2. The number of imide groups is 1. The number of fused-ring (bicyclic) bond motifs is 3. The second kappa shape index (κ2) is 7.51. The molecule has 2 aliphatic rings. The van der Waals surface area contributed by atoms with Crippen molar-refractivity contribution in [1.82, 2.24) is 9.88 Å². The van der Waals surface area contributed by atoms with Gasteiger partial charge < -0.3 is 10.3 Å². The lowest BCUT2D eigenvalue weighted by atomic mass is 10.0. The van der Waals surface area contributed by atoms with Gasteiger partial charge in [-0.15, -0.1) is 0 Å². The zero-order chi connectivity index (χ0) is 21.7. The summed E-state index contributed by atoms with van der Waals surface area (Å²) in [5, 5.41) is 4.51. The van der Waals surface area contributed by atoms with Crippen LogP contribution in [0.25, 0.3) is 10.9 Å². The van der Waals surface area contributed by atoms with Gasteiger partial charge in [-0.25, -0.2) is 4.90 Å². The Balaban J connectivity index is 1.36. The molecule has 0 bridgehead atoms. The molecule has 7 nitrogen and oxygen atoms in total. The van der Waals surface area contributed by atoms with Crippen LogP contribution in [-0.4, -0.2) is 40.2 Å². The number of benzene rings is 2. The molecule has 2 aliphatic heterocycles. The molecule has 31 heavy (non-hydrogen) atoms. The summed E-state index contributed by atoms with van der Waals surface area (Å²) in [5.74, 6) is -0.596. The average Bonchev–Trinajstić information content (AvgIpc) is 3.24. The molecule has 8 heteroatoms. The first-order valence-electron chi connectivity index (χ1n) is 10.2. The number of nitrogens with one attached hydrogen (secondary N) is 2. The molecule has 0 spiro atoms. The minimum Gasteiger partial charge on any atom is -0.357 e. The highest BCUT2D eigenvalue weighted by atomic mass is 35.5. The lowest BCUT2D eigenvalue weighted by Gasteiger charge is -2.30. The van der Waals surface area contributed by atoms with Gasteiger partial charge in [-0.05, 0) is 54.4 Å². The van der Waals surface area contributed by atoms with Crippen LogP contribution in [-0.2, 0) is 27.3 Å². The molecule has 2 N–H and O–H groups in total. The molecule has 0 radical (unpaired) electrons. The van der Waals surface area contributed by atoms with Crippen molar-refractivity contribution in [2.75, 3.05) is 16.8 Å². The first-order valence-corrected chi connectivity index (χ1v) is 10.6. The van der Waals surface area contributed by atoms with E-state index in [0.29, 0.717) is 29.5 Å². The van der Waals surface area contributed by atoms with Gasteiger partial charge in [-0.2, -0.15) is 0 Å². The van der Waals surface area contributed by atoms with E-state index >= 15 is 0 Å². The summed E-state index contributed by atoms with van der Waals surface area (Å²) in [7, 11) is 0. The summed E-state index contributed by atoms with van der Waals surface area (Å²) >= 11 is 6.16. The van der Waals surface area contributed by atoms with Crippen LogP contribution < -0.4 is 10.2 Å². The second-order valence-electron chi connectivity index (χ2n) is 8.01. The lowest BCUT2D eigenvalue weighted by molar-refractivity contribution is -0.123. The molecule has 158 valence electrons. The lowest BCUT2D eigenvalue weighted by Crippen LogP contribution is -2.44. The van der Waals surface area contributed by atoms with Gasteiger partial charge >= 0.3 is 0 Å². The molecule has 3 amide bonds. The molecule has 2 aromatic carbocycles. The zero-order valence-electron chi connectivity index (χ0n) is 16.9. The van der Waals surface area contributed by atoms with Crippen LogP contribution in [0.2, 0.25) is 5.02 Å². The normalized spacial score (nSPS) is 19.2. The Bertz CT molecular complexity index is 1220. The third kappa shape index (κ3) is 3.49. The zero-order valence-corrected chi connectivity index (χ0v) is 17.7. The molecule has 5 rings (SSSR count). The number of carbonyl (C=O) groups excluding carboxylic acids is 3. The van der Waals surface area contributed by atoms with Crippen molar-refractivity contribution in [3.8, 4) is 0 Å². The van der Waals surface area contributed by atoms with Gasteiger partial charge in [0.15, 0.2) is 0 Å². The Labute approximate surface area is 184 Å². The maximum absolute atomic E-state index is 13.2. The SMILES string of the molecule is CC(=O)Nc1ccc(N2C(=O)CC(N3CCc4c([nH]c5ccc(Cl)cc45)C3)C2=O)cc1. The van der Waals surface area contributed by atoms with Gasteiger partial charge in [0, 0.05) is 47.3 Å². The van der Waals surface area contributed by atoms with Crippen molar-refractivity contribution in [2.24, 2.45) is 0 Å². The first-order chi connectivity index (χ1) is 14.9. The predicted octanol–water partition coefficient (Wildman–Crippen LogP) is 3.47. The highest BCUT2D eigenvalue weighted by molar-refractivity contribution is 6.31. The van der Waals surface area contributed by atoms with E-state index in [9.17, 15) is 14.4 Å². The van der Waals surface area contributed by atoms with Crippen molar-refractivity contribution < 1.29 is 14.4 Å². The summed E-state index contributed by atoms with van der Waals surface area (Å²) < 4.78 is 0. The Hall–Kier alpha value is -3.16. The fraction of sp³-hybridized carbons (Fsp3) is 0.261. The molecule has 0 saturated carbocycles. The number of hydrogen-bond donors (Lipinski definition) is 2. The molecule has 3 heterocycles. The van der Waals surface area contributed by atoms with Gasteiger partial charge in [0.25, 0.3) is 5.91 Å². The summed E-state index contributed by atoms with van der Waals surface area (Å²) in [4.78, 5) is 43.8. The van der Waals surface area contributed by atoms with Gasteiger partial charge in [0.2, 0.25) is 11.8 Å². The number of hydrogen-bond acceptors (Lipinski definition) is 4. The topological polar surface area (TPSA) is 85.5 Å². The fourth-order valence-corrected chi connectivity index (χ4v) is 4.74. The van der Waals surface area contributed by atoms with E-state index in [1.54, 1.807) is 24.3 Å². The quantitative estimate of drug-likeness (QED) is 0.615. The highest BCUT2D eigenvalue weighted by Gasteiger charge is 2.43. The predicted molar refractivity (Wildman–Crippen MR) is 119 cm³/mol.